The van der Waals surface area contributed by atoms with Gasteiger partial charge >= 0.3 is 0 Å². The molecule has 4 aromatic heterocycles. The van der Waals surface area contributed by atoms with Gasteiger partial charge in [0, 0.05) is 47.0 Å². The minimum atomic E-state index is -0.320. The quantitative estimate of drug-likeness (QED) is 0.205. The molecule has 8 nitrogen and oxygen atoms in total. The van der Waals surface area contributed by atoms with E-state index in [1.165, 1.54) is 0 Å². The summed E-state index contributed by atoms with van der Waals surface area (Å²) < 4.78 is 12.5. The maximum Gasteiger partial charge on any atom is 0.225 e. The monoisotopic (exact) mass is 652 g/mol. The average Bonchev–Trinajstić information content (AvgIpc) is 3.48. The Balaban J connectivity index is 0.000000215. The highest BCUT2D eigenvalue weighted by atomic mass is 79.9. The minimum absolute atomic E-state index is 0.0705. The summed E-state index contributed by atoms with van der Waals surface area (Å²) >= 11 is 11.7. The maximum atomic E-state index is 11.7. The molecule has 1 amide bonds. The predicted octanol–water partition coefficient (Wildman–Crippen LogP) is 7.03. The molecular formula is C26H27Br2ClN4O4. The number of nitrogens with two attached hydrogens (primary N) is 1. The number of hydrogen-bond donors (Lipinski definition) is 2. The molecule has 0 fully saturated rings. The Labute approximate surface area is 237 Å². The van der Waals surface area contributed by atoms with E-state index in [2.05, 4.69) is 47.1 Å². The summed E-state index contributed by atoms with van der Waals surface area (Å²) in [7, 11) is 0. The molecule has 0 aliphatic heterocycles. The van der Waals surface area contributed by atoms with Gasteiger partial charge in [-0.3, -0.25) is 9.59 Å². The van der Waals surface area contributed by atoms with Crippen LogP contribution in [0, 0.1) is 13.8 Å². The first kappa shape index (κ1) is 30.3. The highest BCUT2D eigenvalue weighted by Crippen LogP contribution is 2.12. The van der Waals surface area contributed by atoms with Gasteiger partial charge in [-0.1, -0.05) is 0 Å². The van der Waals surface area contributed by atoms with E-state index in [-0.39, 0.29) is 11.1 Å². The van der Waals surface area contributed by atoms with Crippen molar-refractivity contribution in [3.8, 4) is 0 Å². The van der Waals surface area contributed by atoms with Crippen LogP contribution in [0.2, 0.25) is 0 Å². The van der Waals surface area contributed by atoms with Crippen LogP contribution in [-0.2, 0) is 22.4 Å². The Kier molecular flexibility index (Phi) is 13.1. The SMILES string of the molecule is Cc1ccc(CCC(=O)Cl)o1.Cc1ccc(CCC(=O)Nc2ccc(Br)cn2)o1.Nc1ccc(Br)cn1. The van der Waals surface area contributed by atoms with Crippen molar-refractivity contribution in [1.29, 1.82) is 0 Å². The van der Waals surface area contributed by atoms with Gasteiger partial charge in [-0.25, -0.2) is 9.97 Å². The third kappa shape index (κ3) is 13.2. The second-order valence-corrected chi connectivity index (χ2v) is 9.94. The summed E-state index contributed by atoms with van der Waals surface area (Å²) in [5, 5.41) is 2.41. The number of anilines is 2. The number of aromatic nitrogens is 2. The Morgan fingerprint density at radius 1 is 0.838 bits per heavy atom. The molecule has 4 aromatic rings. The van der Waals surface area contributed by atoms with Gasteiger partial charge in [0.15, 0.2) is 0 Å². The lowest BCUT2D eigenvalue weighted by atomic mass is 10.2. The van der Waals surface area contributed by atoms with E-state index in [9.17, 15) is 9.59 Å². The fourth-order valence-electron chi connectivity index (χ4n) is 2.74. The van der Waals surface area contributed by atoms with E-state index in [1.807, 2.05) is 50.2 Å². The molecule has 0 unspecified atom stereocenters. The lowest BCUT2D eigenvalue weighted by molar-refractivity contribution is -0.116. The zero-order valence-corrected chi connectivity index (χ0v) is 24.3. The average molecular weight is 655 g/mol. The van der Waals surface area contributed by atoms with Crippen molar-refractivity contribution in [3.05, 3.63) is 92.9 Å². The van der Waals surface area contributed by atoms with Crippen LogP contribution in [0.25, 0.3) is 0 Å². The molecule has 4 rings (SSSR count). The topological polar surface area (TPSA) is 124 Å². The lowest BCUT2D eigenvalue weighted by Gasteiger charge is -2.03. The number of nitrogens with zero attached hydrogens (tertiary/aromatic N) is 2. The molecule has 0 aliphatic rings. The van der Waals surface area contributed by atoms with Crippen LogP contribution in [0.4, 0.5) is 11.6 Å². The summed E-state index contributed by atoms with van der Waals surface area (Å²) in [5.41, 5.74) is 5.29. The molecule has 0 saturated carbocycles. The largest absolute Gasteiger partial charge is 0.466 e. The molecule has 196 valence electrons. The van der Waals surface area contributed by atoms with Crippen molar-refractivity contribution in [2.24, 2.45) is 0 Å². The third-order valence-corrected chi connectivity index (χ3v) is 5.63. The van der Waals surface area contributed by atoms with E-state index in [4.69, 9.17) is 26.2 Å². The number of rotatable bonds is 7. The zero-order chi connectivity index (χ0) is 27.2. The summed E-state index contributed by atoms with van der Waals surface area (Å²) in [5.74, 6) is 4.40. The molecule has 0 aliphatic carbocycles. The molecule has 37 heavy (non-hydrogen) atoms. The second kappa shape index (κ2) is 16.0. The summed E-state index contributed by atoms with van der Waals surface area (Å²) in [4.78, 5) is 29.9. The number of hydrogen-bond acceptors (Lipinski definition) is 7. The summed E-state index contributed by atoms with van der Waals surface area (Å²) in [6, 6.07) is 14.7. The number of furan rings is 2. The van der Waals surface area contributed by atoms with Crippen LogP contribution in [-0.4, -0.2) is 21.1 Å². The number of nitrogen functional groups attached to an aromatic ring is 1. The van der Waals surface area contributed by atoms with E-state index in [0.717, 1.165) is 32.0 Å². The first-order valence-corrected chi connectivity index (χ1v) is 13.1. The molecule has 0 spiro atoms. The van der Waals surface area contributed by atoms with Gasteiger partial charge in [0.1, 0.15) is 34.7 Å². The Bertz CT molecular complexity index is 1240. The van der Waals surface area contributed by atoms with Crippen LogP contribution in [0.5, 0.6) is 0 Å². The first-order valence-electron chi connectivity index (χ1n) is 11.2. The third-order valence-electron chi connectivity index (χ3n) is 4.50. The van der Waals surface area contributed by atoms with Crippen molar-refractivity contribution < 1.29 is 18.4 Å². The predicted molar refractivity (Wildman–Crippen MR) is 151 cm³/mol. The Morgan fingerprint density at radius 2 is 1.38 bits per heavy atom. The van der Waals surface area contributed by atoms with Gasteiger partial charge in [-0.2, -0.15) is 0 Å². The van der Waals surface area contributed by atoms with Gasteiger partial charge in [0.2, 0.25) is 11.1 Å². The summed E-state index contributed by atoms with van der Waals surface area (Å²) in [6.45, 7) is 3.75. The molecule has 0 radical (unpaired) electrons. The number of nitrogens with one attached hydrogen (secondary N) is 1. The number of halogens is 3. The van der Waals surface area contributed by atoms with Crippen LogP contribution >= 0.6 is 43.5 Å². The fourth-order valence-corrected chi connectivity index (χ4v) is 3.30. The maximum absolute atomic E-state index is 11.7. The second-order valence-electron chi connectivity index (χ2n) is 7.69. The Hall–Kier alpha value is -2.95. The van der Waals surface area contributed by atoms with Crippen molar-refractivity contribution in [2.75, 3.05) is 11.1 Å². The molecule has 3 N–H and O–H groups in total. The van der Waals surface area contributed by atoms with Crippen molar-refractivity contribution >= 4 is 66.2 Å². The van der Waals surface area contributed by atoms with Crippen LogP contribution in [0.3, 0.4) is 0 Å². The number of pyridine rings is 2. The first-order chi connectivity index (χ1) is 17.6. The van der Waals surface area contributed by atoms with E-state index in [0.29, 0.717) is 37.3 Å². The van der Waals surface area contributed by atoms with Gasteiger partial charge in [0.25, 0.3) is 0 Å². The van der Waals surface area contributed by atoms with Crippen molar-refractivity contribution in [3.63, 3.8) is 0 Å². The molecule has 0 aromatic carbocycles. The number of carbonyl (C=O) groups excluding carboxylic acids is 2. The highest BCUT2D eigenvalue weighted by molar-refractivity contribution is 9.10. The van der Waals surface area contributed by atoms with Crippen LogP contribution in [0.15, 0.2) is 78.7 Å². The minimum Gasteiger partial charge on any atom is -0.466 e. The molecule has 0 bridgehead atoms. The molecule has 0 atom stereocenters. The van der Waals surface area contributed by atoms with Crippen molar-refractivity contribution in [1.82, 2.24) is 9.97 Å². The molecular weight excluding hydrogens is 628 g/mol. The van der Waals surface area contributed by atoms with Crippen LogP contribution < -0.4 is 11.1 Å². The van der Waals surface area contributed by atoms with Gasteiger partial charge in [-0.05, 0) is 106 Å². The van der Waals surface area contributed by atoms with Crippen LogP contribution in [0.1, 0.15) is 35.9 Å². The number of amides is 1. The normalized spacial score (nSPS) is 9.97. The number of carbonyl (C=O) groups is 2. The fraction of sp³-hybridized carbons (Fsp3) is 0.231. The standard InChI is InChI=1S/C13H13BrN2O2.C8H9ClO2.C5H5BrN2/c1-9-2-4-11(18-9)5-7-13(17)16-12-6-3-10(14)8-15-12;1-6-2-3-7(11-6)4-5-8(9)10;6-4-1-2-5(7)8-3-4/h2-4,6,8H,5,7H2,1H3,(H,15,16,17);2-3H,4-5H2,1H3;1-3H,(H2,7,8). The Morgan fingerprint density at radius 3 is 1.78 bits per heavy atom. The number of aryl methyl sites for hydroxylation is 4. The van der Waals surface area contributed by atoms with E-state index >= 15 is 0 Å². The summed E-state index contributed by atoms with van der Waals surface area (Å²) in [6.07, 6.45) is 5.21. The molecule has 11 heteroatoms. The zero-order valence-electron chi connectivity index (χ0n) is 20.3. The van der Waals surface area contributed by atoms with Gasteiger partial charge < -0.3 is 19.9 Å². The molecule has 0 saturated heterocycles. The van der Waals surface area contributed by atoms with Gasteiger partial charge in [0.05, 0.1) is 0 Å². The lowest BCUT2D eigenvalue weighted by Crippen LogP contribution is -2.13. The van der Waals surface area contributed by atoms with E-state index in [1.54, 1.807) is 24.5 Å². The molecule has 4 heterocycles. The highest BCUT2D eigenvalue weighted by Gasteiger charge is 2.06. The van der Waals surface area contributed by atoms with E-state index < -0.39 is 0 Å². The van der Waals surface area contributed by atoms with Gasteiger partial charge in [-0.15, -0.1) is 0 Å². The van der Waals surface area contributed by atoms with Crippen molar-refractivity contribution in [2.45, 2.75) is 39.5 Å². The smallest absolute Gasteiger partial charge is 0.225 e.